The summed E-state index contributed by atoms with van der Waals surface area (Å²) < 4.78 is 6.37. The zero-order valence-electron chi connectivity index (χ0n) is 9.90. The molecule has 0 N–H and O–H groups in total. The lowest BCUT2D eigenvalue weighted by Crippen LogP contribution is -2.07. The number of carbonyl (C=O) groups excluding carboxylic acids is 2. The molecule has 0 amide bonds. The quantitative estimate of drug-likeness (QED) is 0.565. The van der Waals surface area contributed by atoms with Gasteiger partial charge in [0.2, 0.25) is 0 Å². The molecular weight excluding hydrogens is 206 g/mol. The minimum atomic E-state index is -0.245. The van der Waals surface area contributed by atoms with Gasteiger partial charge in [-0.2, -0.15) is 0 Å². The van der Waals surface area contributed by atoms with Gasteiger partial charge in [-0.3, -0.25) is 9.59 Å². The Hall–Kier alpha value is -1.58. The van der Waals surface area contributed by atoms with E-state index < -0.39 is 0 Å². The van der Waals surface area contributed by atoms with E-state index in [0.717, 1.165) is 0 Å². The van der Waals surface area contributed by atoms with E-state index in [4.69, 9.17) is 0 Å². The van der Waals surface area contributed by atoms with Crippen LogP contribution in [0, 0.1) is 5.92 Å². The van der Waals surface area contributed by atoms with Crippen LogP contribution in [0.4, 0.5) is 0 Å². The maximum absolute atomic E-state index is 11.6. The number of methoxy groups -OCH3 is 1. The first kappa shape index (κ1) is 12.5. The van der Waals surface area contributed by atoms with Crippen LogP contribution in [0.15, 0.2) is 18.5 Å². The van der Waals surface area contributed by atoms with Gasteiger partial charge in [0.15, 0.2) is 5.78 Å². The van der Waals surface area contributed by atoms with Crippen molar-refractivity contribution in [2.24, 2.45) is 5.92 Å². The van der Waals surface area contributed by atoms with Gasteiger partial charge in [0.25, 0.3) is 0 Å². The monoisotopic (exact) mass is 223 g/mol. The third-order valence-electron chi connectivity index (χ3n) is 2.36. The van der Waals surface area contributed by atoms with Crippen LogP contribution in [0.2, 0.25) is 0 Å². The summed E-state index contributed by atoms with van der Waals surface area (Å²) in [6.07, 6.45) is 3.89. The highest BCUT2D eigenvalue weighted by Crippen LogP contribution is 2.09. The number of Topliss-reactive ketones (excluding diaryl/α,β-unsaturated/α-hetero) is 1. The average Bonchev–Trinajstić information content (AvgIpc) is 2.73. The van der Waals surface area contributed by atoms with Crippen molar-refractivity contribution in [1.29, 1.82) is 0 Å². The summed E-state index contributed by atoms with van der Waals surface area (Å²) in [6, 6.07) is 1.78. The van der Waals surface area contributed by atoms with Crippen LogP contribution >= 0.6 is 0 Å². The van der Waals surface area contributed by atoms with Crippen LogP contribution < -0.4 is 0 Å². The average molecular weight is 223 g/mol. The Labute approximate surface area is 95.2 Å². The van der Waals surface area contributed by atoms with Crippen molar-refractivity contribution in [3.05, 3.63) is 24.0 Å². The molecule has 1 aromatic heterocycles. The van der Waals surface area contributed by atoms with Crippen LogP contribution in [0.25, 0.3) is 0 Å². The molecule has 0 saturated carbocycles. The van der Waals surface area contributed by atoms with Crippen molar-refractivity contribution >= 4 is 11.8 Å². The molecule has 0 aromatic carbocycles. The summed E-state index contributed by atoms with van der Waals surface area (Å²) >= 11 is 0. The van der Waals surface area contributed by atoms with E-state index >= 15 is 0 Å². The number of ketones is 1. The normalized spacial score (nSPS) is 10.5. The topological polar surface area (TPSA) is 48.3 Å². The number of rotatable bonds is 5. The molecule has 0 atom stereocenters. The minimum absolute atomic E-state index is 0.00328. The number of aryl methyl sites for hydroxylation is 1. The molecule has 0 spiro atoms. The van der Waals surface area contributed by atoms with Crippen molar-refractivity contribution in [2.45, 2.75) is 26.8 Å². The first-order valence-electron chi connectivity index (χ1n) is 5.31. The van der Waals surface area contributed by atoms with Crippen LogP contribution in [0.1, 0.15) is 30.6 Å². The van der Waals surface area contributed by atoms with Crippen molar-refractivity contribution in [1.82, 2.24) is 4.57 Å². The molecule has 0 unspecified atom stereocenters. The van der Waals surface area contributed by atoms with Gasteiger partial charge in [-0.05, 0) is 6.07 Å². The molecule has 16 heavy (non-hydrogen) atoms. The largest absolute Gasteiger partial charge is 0.469 e. The van der Waals surface area contributed by atoms with Gasteiger partial charge in [-0.1, -0.05) is 13.8 Å². The molecular formula is C12H17NO3. The summed E-state index contributed by atoms with van der Waals surface area (Å²) in [5.41, 5.74) is 0.694. The molecule has 0 aliphatic rings. The third-order valence-corrected chi connectivity index (χ3v) is 2.36. The molecule has 0 aliphatic carbocycles. The predicted molar refractivity (Wildman–Crippen MR) is 60.2 cm³/mol. The van der Waals surface area contributed by atoms with Crippen molar-refractivity contribution in [2.75, 3.05) is 7.11 Å². The lowest BCUT2D eigenvalue weighted by Gasteiger charge is -2.02. The summed E-state index contributed by atoms with van der Waals surface area (Å²) in [5, 5.41) is 0. The molecule has 0 fully saturated rings. The number of ether oxygens (including phenoxy) is 1. The van der Waals surface area contributed by atoms with E-state index in [1.807, 2.05) is 18.4 Å². The van der Waals surface area contributed by atoms with E-state index in [2.05, 4.69) is 4.74 Å². The van der Waals surface area contributed by atoms with Crippen LogP contribution in [0.3, 0.4) is 0 Å². The van der Waals surface area contributed by atoms with E-state index in [1.165, 1.54) is 7.11 Å². The van der Waals surface area contributed by atoms with Crippen molar-refractivity contribution < 1.29 is 14.3 Å². The van der Waals surface area contributed by atoms with Crippen molar-refractivity contribution in [3.8, 4) is 0 Å². The molecule has 0 saturated heterocycles. The zero-order valence-corrected chi connectivity index (χ0v) is 9.90. The number of hydrogen-bond donors (Lipinski definition) is 0. The molecule has 88 valence electrons. The van der Waals surface area contributed by atoms with E-state index in [0.29, 0.717) is 18.5 Å². The maximum atomic E-state index is 11.6. The van der Waals surface area contributed by atoms with E-state index in [1.54, 1.807) is 18.5 Å². The lowest BCUT2D eigenvalue weighted by atomic mass is 10.0. The molecule has 4 heteroatoms. The number of esters is 1. The first-order chi connectivity index (χ1) is 7.54. The number of carbonyl (C=O) groups is 2. The Morgan fingerprint density at radius 2 is 2.12 bits per heavy atom. The Bertz CT molecular complexity index is 379. The Morgan fingerprint density at radius 1 is 1.44 bits per heavy atom. The lowest BCUT2D eigenvalue weighted by molar-refractivity contribution is -0.140. The molecule has 0 bridgehead atoms. The highest BCUT2D eigenvalue weighted by atomic mass is 16.5. The molecule has 4 nitrogen and oxygen atoms in total. The van der Waals surface area contributed by atoms with Gasteiger partial charge in [-0.25, -0.2) is 0 Å². The number of hydrogen-bond acceptors (Lipinski definition) is 3. The summed E-state index contributed by atoms with van der Waals surface area (Å²) in [5.74, 6) is -0.126. The Balaban J connectivity index is 2.58. The van der Waals surface area contributed by atoms with Crippen LogP contribution in [-0.2, 0) is 16.1 Å². The smallest absolute Gasteiger partial charge is 0.307 e. The second-order valence-electron chi connectivity index (χ2n) is 3.98. The number of aromatic nitrogens is 1. The van der Waals surface area contributed by atoms with Crippen LogP contribution in [0.5, 0.6) is 0 Å². The summed E-state index contributed by atoms with van der Waals surface area (Å²) in [4.78, 5) is 22.6. The second kappa shape index (κ2) is 5.49. The Morgan fingerprint density at radius 3 is 2.69 bits per heavy atom. The second-order valence-corrected chi connectivity index (χ2v) is 3.98. The summed E-state index contributed by atoms with van der Waals surface area (Å²) in [6.45, 7) is 4.28. The fourth-order valence-electron chi connectivity index (χ4n) is 1.38. The molecule has 0 aliphatic heterocycles. The summed E-state index contributed by atoms with van der Waals surface area (Å²) in [7, 11) is 1.37. The molecule has 1 rings (SSSR count). The molecule has 0 radical (unpaired) electrons. The fourth-order valence-corrected chi connectivity index (χ4v) is 1.38. The highest BCUT2D eigenvalue weighted by molar-refractivity contribution is 5.97. The van der Waals surface area contributed by atoms with E-state index in [9.17, 15) is 9.59 Å². The standard InChI is InChI=1S/C12H17NO3/c1-9(2)12(15)10-4-6-13(8-10)7-5-11(14)16-3/h4,6,8-9H,5,7H2,1-3H3. The van der Waals surface area contributed by atoms with Gasteiger partial charge < -0.3 is 9.30 Å². The van der Waals surface area contributed by atoms with Gasteiger partial charge in [-0.15, -0.1) is 0 Å². The van der Waals surface area contributed by atoms with Gasteiger partial charge in [0, 0.05) is 30.4 Å². The van der Waals surface area contributed by atoms with Gasteiger partial charge in [0.1, 0.15) is 0 Å². The zero-order chi connectivity index (χ0) is 12.1. The van der Waals surface area contributed by atoms with Gasteiger partial charge in [0.05, 0.1) is 13.5 Å². The number of nitrogens with zero attached hydrogens (tertiary/aromatic N) is 1. The minimum Gasteiger partial charge on any atom is -0.469 e. The first-order valence-corrected chi connectivity index (χ1v) is 5.31. The van der Waals surface area contributed by atoms with Crippen LogP contribution in [-0.4, -0.2) is 23.4 Å². The Kier molecular flexibility index (Phi) is 4.28. The van der Waals surface area contributed by atoms with Crippen molar-refractivity contribution in [3.63, 3.8) is 0 Å². The molecule has 1 heterocycles. The fraction of sp³-hybridized carbons (Fsp3) is 0.500. The van der Waals surface area contributed by atoms with E-state index in [-0.39, 0.29) is 17.7 Å². The maximum Gasteiger partial charge on any atom is 0.307 e. The highest BCUT2D eigenvalue weighted by Gasteiger charge is 2.11. The predicted octanol–water partition coefficient (Wildman–Crippen LogP) is 1.89. The third kappa shape index (κ3) is 3.22. The molecule has 1 aromatic rings. The SMILES string of the molecule is COC(=O)CCn1ccc(C(=O)C(C)C)c1. The van der Waals surface area contributed by atoms with Gasteiger partial charge >= 0.3 is 5.97 Å².